The Morgan fingerprint density at radius 1 is 0.231 bits per heavy atom. The van der Waals surface area contributed by atoms with Crippen LogP contribution in [0.1, 0.15) is 99.9 Å². The van der Waals surface area contributed by atoms with Crippen LogP contribution in [-0.4, -0.2) is 0 Å². The first-order valence-corrected chi connectivity index (χ1v) is 28.0. The lowest BCUT2D eigenvalue weighted by Crippen LogP contribution is -2.18. The second-order valence-corrected chi connectivity index (χ2v) is 24.9. The van der Waals surface area contributed by atoms with Gasteiger partial charge in [-0.05, 0) is 171 Å². The van der Waals surface area contributed by atoms with Gasteiger partial charge in [-0.2, -0.15) is 0 Å². The summed E-state index contributed by atoms with van der Waals surface area (Å²) in [5.41, 5.74) is 28.0. The summed E-state index contributed by atoms with van der Waals surface area (Å²) in [5.74, 6) is 0. The summed E-state index contributed by atoms with van der Waals surface area (Å²) in [5, 5.41) is 7.51. The van der Waals surface area contributed by atoms with E-state index in [2.05, 4.69) is 284 Å². The molecule has 12 aromatic rings. The third-order valence-electron chi connectivity index (χ3n) is 19.4. The van der Waals surface area contributed by atoms with Crippen molar-refractivity contribution < 1.29 is 0 Å². The maximum atomic E-state index is 2.56. The second-order valence-electron chi connectivity index (χ2n) is 24.9. The second kappa shape index (κ2) is 15.5. The molecule has 0 atom stereocenters. The molecular formula is C76H60N2. The van der Waals surface area contributed by atoms with Crippen LogP contribution in [0.3, 0.4) is 0 Å². The highest BCUT2D eigenvalue weighted by Gasteiger charge is 2.40. The first-order valence-electron chi connectivity index (χ1n) is 28.0. The standard InChI is InChI=1S/C76H60N2/c1-73(2)61-21-13-9-17-51(61)55-35-29-47(41-65(55)73)77(48-30-36-56-52-18-10-14-22-62(52)74(3,4)66(56)42-48)69-39-27-45-26-34-60-70(40-28-46-25-33-59(69)71(45)72(46)60)78(49-31-37-57-53-19-11-15-23-63(53)75(5,6)67(57)43-49)50-32-38-58-54-20-12-16-24-64(54)76(7,8)68(58)44-50/h9-44H,1-8H3. The average molecular weight is 1000 g/mol. The molecular weight excluding hydrogens is 941 g/mol. The maximum absolute atomic E-state index is 2.56. The minimum absolute atomic E-state index is 0.156. The lowest BCUT2D eigenvalue weighted by atomic mass is 9.82. The Kier molecular flexibility index (Phi) is 9.03. The van der Waals surface area contributed by atoms with E-state index >= 15 is 0 Å². The fourth-order valence-electron chi connectivity index (χ4n) is 15.3. The van der Waals surface area contributed by atoms with E-state index in [1.165, 1.54) is 133 Å². The highest BCUT2D eigenvalue weighted by molar-refractivity contribution is 6.28. The van der Waals surface area contributed by atoms with Crippen molar-refractivity contribution in [2.45, 2.75) is 77.0 Å². The molecule has 12 aromatic carbocycles. The fourth-order valence-corrected chi connectivity index (χ4v) is 15.3. The van der Waals surface area contributed by atoms with Crippen molar-refractivity contribution in [1.29, 1.82) is 0 Å². The first kappa shape index (κ1) is 45.5. The number of hydrogen-bond donors (Lipinski definition) is 0. The Labute approximate surface area is 458 Å². The largest absolute Gasteiger partial charge is 0.310 e. The predicted octanol–water partition coefficient (Wildman–Crippen LogP) is 20.7. The van der Waals surface area contributed by atoms with Gasteiger partial charge in [0.15, 0.2) is 0 Å². The van der Waals surface area contributed by atoms with E-state index in [9.17, 15) is 0 Å². The maximum Gasteiger partial charge on any atom is 0.0540 e. The zero-order valence-electron chi connectivity index (χ0n) is 45.7. The minimum atomic E-state index is -0.156. The number of nitrogens with zero attached hydrogens (tertiary/aromatic N) is 2. The summed E-state index contributed by atoms with van der Waals surface area (Å²) >= 11 is 0. The molecule has 0 bridgehead atoms. The molecule has 4 aliphatic carbocycles. The van der Waals surface area contributed by atoms with Gasteiger partial charge in [-0.3, -0.25) is 0 Å². The Morgan fingerprint density at radius 2 is 0.474 bits per heavy atom. The molecule has 0 aliphatic heterocycles. The van der Waals surface area contributed by atoms with Crippen molar-refractivity contribution in [2.75, 3.05) is 9.80 Å². The lowest BCUT2D eigenvalue weighted by molar-refractivity contribution is 0.659. The molecule has 0 saturated carbocycles. The van der Waals surface area contributed by atoms with Crippen LogP contribution < -0.4 is 9.80 Å². The molecule has 16 rings (SSSR count). The number of benzene rings is 12. The van der Waals surface area contributed by atoms with Gasteiger partial charge in [0, 0.05) is 55.2 Å². The Morgan fingerprint density at radius 3 is 0.756 bits per heavy atom. The van der Waals surface area contributed by atoms with Gasteiger partial charge < -0.3 is 9.80 Å². The third-order valence-corrected chi connectivity index (χ3v) is 19.4. The van der Waals surface area contributed by atoms with Crippen LogP contribution in [0.15, 0.2) is 218 Å². The number of anilines is 6. The number of fused-ring (bicyclic) bond motifs is 12. The summed E-state index contributed by atoms with van der Waals surface area (Å²) in [6.07, 6.45) is 0. The molecule has 0 amide bonds. The van der Waals surface area contributed by atoms with E-state index in [1.54, 1.807) is 0 Å². The van der Waals surface area contributed by atoms with Crippen LogP contribution in [0.4, 0.5) is 34.1 Å². The van der Waals surface area contributed by atoms with Gasteiger partial charge in [0.05, 0.1) is 11.4 Å². The first-order chi connectivity index (χ1) is 37.7. The molecule has 0 fully saturated rings. The topological polar surface area (TPSA) is 6.48 Å². The molecule has 0 spiro atoms. The van der Waals surface area contributed by atoms with Gasteiger partial charge in [0.25, 0.3) is 0 Å². The predicted molar refractivity (Wildman–Crippen MR) is 330 cm³/mol. The van der Waals surface area contributed by atoms with Gasteiger partial charge in [0.1, 0.15) is 0 Å². The highest BCUT2D eigenvalue weighted by atomic mass is 15.2. The van der Waals surface area contributed by atoms with Crippen LogP contribution in [0.25, 0.3) is 76.8 Å². The molecule has 0 heterocycles. The summed E-state index contributed by atoms with van der Waals surface area (Å²) in [4.78, 5) is 5.12. The SMILES string of the molecule is CC1(C)c2ccccc2-c2ccc(N(c3ccc4c(c3)C(C)(C)c3ccccc3-4)c3ccc4ccc5c(N(c6ccc7c(c6)C(C)(C)c6ccccc6-7)c6ccc7c(c6)C(C)(C)c6ccccc6-7)ccc6ccc3c4c65)cc21. The van der Waals surface area contributed by atoms with Crippen LogP contribution in [0.5, 0.6) is 0 Å². The van der Waals surface area contributed by atoms with E-state index < -0.39 is 0 Å². The van der Waals surface area contributed by atoms with Crippen LogP contribution in [0.2, 0.25) is 0 Å². The van der Waals surface area contributed by atoms with Crippen molar-refractivity contribution in [3.8, 4) is 44.5 Å². The van der Waals surface area contributed by atoms with Gasteiger partial charge in [0.2, 0.25) is 0 Å². The molecule has 78 heavy (non-hydrogen) atoms. The summed E-state index contributed by atoms with van der Waals surface area (Å²) in [6, 6.07) is 83.9. The van der Waals surface area contributed by atoms with Gasteiger partial charge in [-0.1, -0.05) is 213 Å². The molecule has 0 aromatic heterocycles. The van der Waals surface area contributed by atoms with Crippen molar-refractivity contribution in [3.63, 3.8) is 0 Å². The van der Waals surface area contributed by atoms with Crippen molar-refractivity contribution in [2.24, 2.45) is 0 Å². The monoisotopic (exact) mass is 1000 g/mol. The van der Waals surface area contributed by atoms with E-state index in [-0.39, 0.29) is 21.7 Å². The number of rotatable bonds is 6. The molecule has 2 heteroatoms. The normalized spacial score (nSPS) is 15.8. The minimum Gasteiger partial charge on any atom is -0.310 e. The quantitative estimate of drug-likeness (QED) is 0.153. The van der Waals surface area contributed by atoms with Crippen molar-refractivity contribution in [3.05, 3.63) is 263 Å². The van der Waals surface area contributed by atoms with Crippen LogP contribution >= 0.6 is 0 Å². The average Bonchev–Trinajstić information content (AvgIpc) is 4.17. The molecule has 2 nitrogen and oxygen atoms in total. The smallest absolute Gasteiger partial charge is 0.0540 e. The number of hydrogen-bond acceptors (Lipinski definition) is 2. The van der Waals surface area contributed by atoms with Gasteiger partial charge >= 0.3 is 0 Å². The Hall–Kier alpha value is -8.72. The zero-order valence-corrected chi connectivity index (χ0v) is 45.7. The van der Waals surface area contributed by atoms with Gasteiger partial charge in [-0.15, -0.1) is 0 Å². The summed E-state index contributed by atoms with van der Waals surface area (Å²) in [7, 11) is 0. The Bertz CT molecular complexity index is 4070. The summed E-state index contributed by atoms with van der Waals surface area (Å²) < 4.78 is 0. The molecule has 0 unspecified atom stereocenters. The molecule has 0 N–H and O–H groups in total. The fraction of sp³-hybridized carbons (Fsp3) is 0.158. The van der Waals surface area contributed by atoms with Crippen LogP contribution in [0, 0.1) is 0 Å². The zero-order chi connectivity index (χ0) is 52.8. The van der Waals surface area contributed by atoms with Crippen molar-refractivity contribution >= 4 is 66.4 Å². The van der Waals surface area contributed by atoms with Crippen molar-refractivity contribution in [1.82, 2.24) is 0 Å². The highest BCUT2D eigenvalue weighted by Crippen LogP contribution is 2.57. The van der Waals surface area contributed by atoms with Crippen LogP contribution in [-0.2, 0) is 21.7 Å². The molecule has 0 radical (unpaired) electrons. The van der Waals surface area contributed by atoms with E-state index in [0.29, 0.717) is 0 Å². The van der Waals surface area contributed by atoms with Gasteiger partial charge in [-0.25, -0.2) is 0 Å². The third kappa shape index (κ3) is 5.93. The lowest BCUT2D eigenvalue weighted by Gasteiger charge is -2.32. The van der Waals surface area contributed by atoms with E-state index in [4.69, 9.17) is 0 Å². The summed E-state index contributed by atoms with van der Waals surface area (Å²) in [6.45, 7) is 19.1. The van der Waals surface area contributed by atoms with E-state index in [1.807, 2.05) is 0 Å². The molecule has 374 valence electrons. The molecule has 4 aliphatic rings. The Balaban J connectivity index is 0.926. The van der Waals surface area contributed by atoms with E-state index in [0.717, 1.165) is 22.7 Å². The molecule has 0 saturated heterocycles.